The number of rotatable bonds is 7. The van der Waals surface area contributed by atoms with E-state index in [2.05, 4.69) is 11.9 Å². The standard InChI is InChI=1S/C13H23NO2/c1-11(8-14-13-2-3-13)9-16-10-12-4-6-15-7-5-12/h12-14H,1-10H2. The Morgan fingerprint density at radius 2 is 2.00 bits per heavy atom. The molecule has 0 atom stereocenters. The average molecular weight is 225 g/mol. The Hall–Kier alpha value is -0.380. The van der Waals surface area contributed by atoms with Crippen LogP contribution < -0.4 is 5.32 Å². The maximum absolute atomic E-state index is 5.69. The van der Waals surface area contributed by atoms with Crippen LogP contribution in [0.25, 0.3) is 0 Å². The fourth-order valence-corrected chi connectivity index (χ4v) is 1.91. The molecule has 2 rings (SSSR count). The van der Waals surface area contributed by atoms with Crippen molar-refractivity contribution in [2.24, 2.45) is 5.92 Å². The Morgan fingerprint density at radius 1 is 1.25 bits per heavy atom. The van der Waals surface area contributed by atoms with Crippen molar-refractivity contribution in [1.29, 1.82) is 0 Å². The van der Waals surface area contributed by atoms with E-state index in [0.29, 0.717) is 12.5 Å². The summed E-state index contributed by atoms with van der Waals surface area (Å²) in [6.45, 7) is 8.31. The molecule has 0 amide bonds. The van der Waals surface area contributed by atoms with Crippen LogP contribution in [0.3, 0.4) is 0 Å². The molecular formula is C13H23NO2. The molecule has 2 fully saturated rings. The van der Waals surface area contributed by atoms with E-state index in [4.69, 9.17) is 9.47 Å². The van der Waals surface area contributed by atoms with Gasteiger partial charge in [0.25, 0.3) is 0 Å². The summed E-state index contributed by atoms with van der Waals surface area (Å²) in [5.74, 6) is 0.693. The highest BCUT2D eigenvalue weighted by Crippen LogP contribution is 2.18. The van der Waals surface area contributed by atoms with Crippen molar-refractivity contribution >= 4 is 0 Å². The summed E-state index contributed by atoms with van der Waals surface area (Å²) in [6.07, 6.45) is 4.95. The normalized spacial score (nSPS) is 22.2. The molecule has 1 saturated heterocycles. The summed E-state index contributed by atoms with van der Waals surface area (Å²) >= 11 is 0. The molecule has 0 spiro atoms. The molecule has 1 aliphatic carbocycles. The number of hydrogen-bond donors (Lipinski definition) is 1. The Kier molecular flexibility index (Phi) is 4.82. The van der Waals surface area contributed by atoms with Crippen molar-refractivity contribution in [2.75, 3.05) is 33.0 Å². The molecule has 1 N–H and O–H groups in total. The van der Waals surface area contributed by atoms with Gasteiger partial charge in [0.2, 0.25) is 0 Å². The minimum atomic E-state index is 0.693. The SMILES string of the molecule is C=C(CNC1CC1)COCC1CCOCC1. The molecule has 0 aromatic heterocycles. The van der Waals surface area contributed by atoms with Crippen molar-refractivity contribution in [2.45, 2.75) is 31.7 Å². The summed E-state index contributed by atoms with van der Waals surface area (Å²) < 4.78 is 11.0. The number of hydrogen-bond acceptors (Lipinski definition) is 3. The van der Waals surface area contributed by atoms with E-state index >= 15 is 0 Å². The Bertz CT molecular complexity index is 220. The van der Waals surface area contributed by atoms with Gasteiger partial charge in [-0.3, -0.25) is 0 Å². The highest BCUT2D eigenvalue weighted by molar-refractivity contribution is 4.99. The molecule has 1 heterocycles. The lowest BCUT2D eigenvalue weighted by atomic mass is 10.0. The molecule has 0 aromatic carbocycles. The molecule has 0 aromatic rings. The van der Waals surface area contributed by atoms with Gasteiger partial charge in [-0.1, -0.05) is 6.58 Å². The maximum Gasteiger partial charge on any atom is 0.0686 e. The van der Waals surface area contributed by atoms with Crippen molar-refractivity contribution in [3.8, 4) is 0 Å². The van der Waals surface area contributed by atoms with Crippen LogP contribution in [0.1, 0.15) is 25.7 Å². The van der Waals surface area contributed by atoms with Crippen LogP contribution in [0.5, 0.6) is 0 Å². The fraction of sp³-hybridized carbons (Fsp3) is 0.846. The zero-order valence-corrected chi connectivity index (χ0v) is 10.0. The molecule has 16 heavy (non-hydrogen) atoms. The summed E-state index contributed by atoms with van der Waals surface area (Å²) in [5, 5.41) is 3.45. The monoisotopic (exact) mass is 225 g/mol. The van der Waals surface area contributed by atoms with E-state index in [1.54, 1.807) is 0 Å². The first kappa shape index (κ1) is 12.1. The lowest BCUT2D eigenvalue weighted by molar-refractivity contribution is 0.0257. The molecular weight excluding hydrogens is 202 g/mol. The van der Waals surface area contributed by atoms with Gasteiger partial charge in [-0.15, -0.1) is 0 Å². The minimum absolute atomic E-state index is 0.693. The van der Waals surface area contributed by atoms with Gasteiger partial charge >= 0.3 is 0 Å². The average Bonchev–Trinajstić information content (AvgIpc) is 3.12. The predicted molar refractivity (Wildman–Crippen MR) is 64.5 cm³/mol. The minimum Gasteiger partial charge on any atom is -0.381 e. The van der Waals surface area contributed by atoms with Gasteiger partial charge in [0, 0.05) is 32.4 Å². The molecule has 1 aliphatic heterocycles. The third-order valence-corrected chi connectivity index (χ3v) is 3.22. The van der Waals surface area contributed by atoms with Crippen LogP contribution in [0.2, 0.25) is 0 Å². The van der Waals surface area contributed by atoms with E-state index in [9.17, 15) is 0 Å². The van der Waals surface area contributed by atoms with E-state index in [-0.39, 0.29) is 0 Å². The second-order valence-electron chi connectivity index (χ2n) is 4.98. The molecule has 0 radical (unpaired) electrons. The summed E-state index contributed by atoms with van der Waals surface area (Å²) in [4.78, 5) is 0. The first-order valence-corrected chi connectivity index (χ1v) is 6.40. The summed E-state index contributed by atoms with van der Waals surface area (Å²) in [7, 11) is 0. The molecule has 0 bridgehead atoms. The van der Waals surface area contributed by atoms with Crippen LogP contribution in [0.4, 0.5) is 0 Å². The van der Waals surface area contributed by atoms with Crippen molar-refractivity contribution in [1.82, 2.24) is 5.32 Å². The van der Waals surface area contributed by atoms with Crippen molar-refractivity contribution in [3.05, 3.63) is 12.2 Å². The van der Waals surface area contributed by atoms with Crippen molar-refractivity contribution < 1.29 is 9.47 Å². The highest BCUT2D eigenvalue weighted by atomic mass is 16.5. The number of ether oxygens (including phenoxy) is 2. The highest BCUT2D eigenvalue weighted by Gasteiger charge is 2.20. The van der Waals surface area contributed by atoms with Gasteiger partial charge in [0.05, 0.1) is 6.61 Å². The topological polar surface area (TPSA) is 30.5 Å². The van der Waals surface area contributed by atoms with Crippen LogP contribution >= 0.6 is 0 Å². The van der Waals surface area contributed by atoms with Crippen molar-refractivity contribution in [3.63, 3.8) is 0 Å². The van der Waals surface area contributed by atoms with Gasteiger partial charge in [-0.25, -0.2) is 0 Å². The zero-order valence-electron chi connectivity index (χ0n) is 10.0. The van der Waals surface area contributed by atoms with Gasteiger partial charge < -0.3 is 14.8 Å². The Labute approximate surface area is 98.2 Å². The van der Waals surface area contributed by atoms with E-state index in [0.717, 1.165) is 45.2 Å². The van der Waals surface area contributed by atoms with Gasteiger partial charge in [0.1, 0.15) is 0 Å². The van der Waals surface area contributed by atoms with Gasteiger partial charge in [0.15, 0.2) is 0 Å². The fourth-order valence-electron chi connectivity index (χ4n) is 1.91. The van der Waals surface area contributed by atoms with Crippen LogP contribution in [-0.2, 0) is 9.47 Å². The molecule has 3 nitrogen and oxygen atoms in total. The predicted octanol–water partition coefficient (Wildman–Crippen LogP) is 1.74. The third kappa shape index (κ3) is 4.64. The quantitative estimate of drug-likeness (QED) is 0.669. The zero-order chi connectivity index (χ0) is 11.2. The molecule has 1 saturated carbocycles. The number of nitrogens with one attached hydrogen (secondary N) is 1. The molecule has 3 heteroatoms. The second-order valence-corrected chi connectivity index (χ2v) is 4.98. The van der Waals surface area contributed by atoms with Crippen LogP contribution in [0, 0.1) is 5.92 Å². The van der Waals surface area contributed by atoms with Gasteiger partial charge in [-0.2, -0.15) is 0 Å². The maximum atomic E-state index is 5.69. The lowest BCUT2D eigenvalue weighted by Gasteiger charge is -2.22. The smallest absolute Gasteiger partial charge is 0.0686 e. The largest absolute Gasteiger partial charge is 0.381 e. The first-order valence-electron chi connectivity index (χ1n) is 6.40. The van der Waals surface area contributed by atoms with E-state index in [1.807, 2.05) is 0 Å². The van der Waals surface area contributed by atoms with Gasteiger partial charge in [-0.05, 0) is 37.2 Å². The third-order valence-electron chi connectivity index (χ3n) is 3.22. The summed E-state index contributed by atoms with van der Waals surface area (Å²) in [6, 6.07) is 0.757. The van der Waals surface area contributed by atoms with E-state index < -0.39 is 0 Å². The Balaban J connectivity index is 1.47. The Morgan fingerprint density at radius 3 is 2.69 bits per heavy atom. The molecule has 92 valence electrons. The van der Waals surface area contributed by atoms with Crippen LogP contribution in [0.15, 0.2) is 12.2 Å². The van der Waals surface area contributed by atoms with E-state index in [1.165, 1.54) is 18.4 Å². The first-order chi connectivity index (χ1) is 7.84. The second kappa shape index (κ2) is 6.38. The lowest BCUT2D eigenvalue weighted by Crippen LogP contribution is -2.23. The van der Waals surface area contributed by atoms with Crippen LogP contribution in [-0.4, -0.2) is 39.0 Å². The molecule has 2 aliphatic rings. The molecule has 0 unspecified atom stereocenters. The summed E-state index contributed by atoms with van der Waals surface area (Å²) in [5.41, 5.74) is 1.17.